The fraction of sp³-hybridized carbons (Fsp3) is 1.00. The van der Waals surface area contributed by atoms with Crippen LogP contribution in [0.4, 0.5) is 0 Å². The second kappa shape index (κ2) is 14.5. The van der Waals surface area contributed by atoms with E-state index in [1.54, 1.807) is 0 Å². The monoisotopic (exact) mass is 332 g/mol. The molecule has 0 bridgehead atoms. The molecule has 0 saturated heterocycles. The summed E-state index contributed by atoms with van der Waals surface area (Å²) in [5, 5.41) is 0. The zero-order chi connectivity index (χ0) is 16.7. The first kappa shape index (κ1) is 21.9. The molecule has 0 aliphatic carbocycles. The van der Waals surface area contributed by atoms with E-state index in [4.69, 9.17) is 0 Å². The van der Waals surface area contributed by atoms with Gasteiger partial charge >= 0.3 is 0 Å². The summed E-state index contributed by atoms with van der Waals surface area (Å²) in [7, 11) is -2.80. The Morgan fingerprint density at radius 2 is 1.09 bits per heavy atom. The van der Waals surface area contributed by atoms with Crippen molar-refractivity contribution >= 4 is 9.84 Å². The Bertz CT molecular complexity index is 322. The van der Waals surface area contributed by atoms with E-state index in [2.05, 4.69) is 13.8 Å². The molecule has 0 aliphatic rings. The van der Waals surface area contributed by atoms with Crippen molar-refractivity contribution in [2.75, 3.05) is 12.0 Å². The third-order valence-corrected chi connectivity index (χ3v) is 5.66. The van der Waals surface area contributed by atoms with Crippen LogP contribution < -0.4 is 0 Å². The van der Waals surface area contributed by atoms with Gasteiger partial charge in [-0.25, -0.2) is 8.42 Å². The summed E-state index contributed by atoms with van der Waals surface area (Å²) in [6, 6.07) is 0. The van der Waals surface area contributed by atoms with Gasteiger partial charge in [0, 0.05) is 6.26 Å². The average molecular weight is 333 g/mol. The van der Waals surface area contributed by atoms with E-state index in [-0.39, 0.29) is 0 Å². The Labute approximate surface area is 140 Å². The zero-order valence-electron chi connectivity index (χ0n) is 15.4. The van der Waals surface area contributed by atoms with Crippen molar-refractivity contribution in [3.63, 3.8) is 0 Å². The van der Waals surface area contributed by atoms with Crippen molar-refractivity contribution in [1.29, 1.82) is 0 Å². The Kier molecular flexibility index (Phi) is 14.5. The van der Waals surface area contributed by atoms with E-state index in [1.807, 2.05) is 0 Å². The standard InChI is InChI=1S/C19H40O2S/c1-4-6-7-8-9-10-11-12-13-14-15-16-17-19(5-2)18-22(3,20)21/h19H,4-18H2,1-3H3. The molecule has 134 valence electrons. The summed E-state index contributed by atoms with van der Waals surface area (Å²) in [5.41, 5.74) is 0. The first-order chi connectivity index (χ1) is 10.5. The largest absolute Gasteiger partial charge is 0.229 e. The van der Waals surface area contributed by atoms with Gasteiger partial charge in [-0.2, -0.15) is 0 Å². The highest BCUT2D eigenvalue weighted by Gasteiger charge is 2.12. The molecule has 0 amide bonds. The molecule has 0 heterocycles. The van der Waals surface area contributed by atoms with E-state index in [0.29, 0.717) is 11.7 Å². The molecule has 22 heavy (non-hydrogen) atoms. The van der Waals surface area contributed by atoms with E-state index < -0.39 is 9.84 Å². The van der Waals surface area contributed by atoms with Gasteiger partial charge in [0.15, 0.2) is 0 Å². The second-order valence-electron chi connectivity index (χ2n) is 7.04. The number of rotatable bonds is 16. The summed E-state index contributed by atoms with van der Waals surface area (Å²) >= 11 is 0. The molecular formula is C19H40O2S. The van der Waals surface area contributed by atoms with Crippen LogP contribution in [-0.2, 0) is 9.84 Å². The van der Waals surface area contributed by atoms with Crippen molar-refractivity contribution < 1.29 is 8.42 Å². The molecule has 0 N–H and O–H groups in total. The van der Waals surface area contributed by atoms with Gasteiger partial charge in [0.1, 0.15) is 9.84 Å². The third-order valence-electron chi connectivity index (χ3n) is 4.58. The highest BCUT2D eigenvalue weighted by molar-refractivity contribution is 7.90. The summed E-state index contributed by atoms with van der Waals surface area (Å²) in [4.78, 5) is 0. The van der Waals surface area contributed by atoms with Crippen LogP contribution in [-0.4, -0.2) is 20.4 Å². The molecule has 0 rings (SSSR count). The molecule has 0 radical (unpaired) electrons. The summed E-state index contributed by atoms with van der Waals surface area (Å²) in [5.74, 6) is 0.750. The average Bonchev–Trinajstić information content (AvgIpc) is 2.46. The molecule has 0 aromatic heterocycles. The summed E-state index contributed by atoms with van der Waals surface area (Å²) < 4.78 is 22.6. The minimum Gasteiger partial charge on any atom is -0.229 e. The van der Waals surface area contributed by atoms with Crippen molar-refractivity contribution in [3.8, 4) is 0 Å². The fourth-order valence-electron chi connectivity index (χ4n) is 3.11. The summed E-state index contributed by atoms with van der Waals surface area (Å²) in [6.45, 7) is 4.38. The molecule has 3 heteroatoms. The third kappa shape index (κ3) is 16.3. The highest BCUT2D eigenvalue weighted by atomic mass is 32.2. The first-order valence-corrected chi connectivity index (χ1v) is 11.7. The van der Waals surface area contributed by atoms with E-state index >= 15 is 0 Å². The lowest BCUT2D eigenvalue weighted by Crippen LogP contribution is -2.14. The van der Waals surface area contributed by atoms with Gasteiger partial charge in [-0.15, -0.1) is 0 Å². The maximum atomic E-state index is 11.3. The second-order valence-corrected chi connectivity index (χ2v) is 9.23. The van der Waals surface area contributed by atoms with Gasteiger partial charge < -0.3 is 0 Å². The van der Waals surface area contributed by atoms with Crippen LogP contribution in [0.1, 0.15) is 104 Å². The van der Waals surface area contributed by atoms with Gasteiger partial charge in [-0.05, 0) is 12.3 Å². The molecule has 1 atom stereocenters. The van der Waals surface area contributed by atoms with Crippen LogP contribution in [0.3, 0.4) is 0 Å². The Morgan fingerprint density at radius 3 is 1.45 bits per heavy atom. The van der Waals surface area contributed by atoms with Crippen LogP contribution in [0.5, 0.6) is 0 Å². The van der Waals surface area contributed by atoms with Gasteiger partial charge in [0.05, 0.1) is 5.75 Å². The lowest BCUT2D eigenvalue weighted by atomic mass is 9.99. The Hall–Kier alpha value is -0.0500. The lowest BCUT2D eigenvalue weighted by Gasteiger charge is -2.13. The van der Waals surface area contributed by atoms with E-state index in [9.17, 15) is 8.42 Å². The zero-order valence-corrected chi connectivity index (χ0v) is 16.2. The lowest BCUT2D eigenvalue weighted by molar-refractivity contribution is 0.465. The minimum absolute atomic E-state index is 0.373. The van der Waals surface area contributed by atoms with Crippen molar-refractivity contribution in [3.05, 3.63) is 0 Å². The van der Waals surface area contributed by atoms with Crippen molar-refractivity contribution in [1.82, 2.24) is 0 Å². The molecule has 0 fully saturated rings. The number of hydrogen-bond acceptors (Lipinski definition) is 2. The van der Waals surface area contributed by atoms with Crippen LogP contribution in [0.2, 0.25) is 0 Å². The highest BCUT2D eigenvalue weighted by Crippen LogP contribution is 2.17. The molecule has 0 saturated carbocycles. The summed E-state index contributed by atoms with van der Waals surface area (Å²) in [6.07, 6.45) is 19.8. The van der Waals surface area contributed by atoms with Gasteiger partial charge in [-0.3, -0.25) is 0 Å². The van der Waals surface area contributed by atoms with Crippen molar-refractivity contribution in [2.45, 2.75) is 104 Å². The van der Waals surface area contributed by atoms with Crippen LogP contribution in [0, 0.1) is 5.92 Å². The number of unbranched alkanes of at least 4 members (excludes halogenated alkanes) is 11. The number of hydrogen-bond donors (Lipinski definition) is 0. The first-order valence-electron chi connectivity index (χ1n) is 9.67. The predicted molar refractivity (Wildman–Crippen MR) is 99.2 cm³/mol. The maximum absolute atomic E-state index is 11.3. The van der Waals surface area contributed by atoms with Crippen LogP contribution >= 0.6 is 0 Å². The van der Waals surface area contributed by atoms with Crippen LogP contribution in [0.25, 0.3) is 0 Å². The minimum atomic E-state index is -2.80. The van der Waals surface area contributed by atoms with Crippen LogP contribution in [0.15, 0.2) is 0 Å². The Balaban J connectivity index is 3.32. The normalized spacial score (nSPS) is 13.4. The van der Waals surface area contributed by atoms with E-state index in [1.165, 1.54) is 83.3 Å². The van der Waals surface area contributed by atoms with Gasteiger partial charge in [-0.1, -0.05) is 97.3 Å². The molecule has 0 spiro atoms. The van der Waals surface area contributed by atoms with Crippen molar-refractivity contribution in [2.24, 2.45) is 5.92 Å². The smallest absolute Gasteiger partial charge is 0.147 e. The quantitative estimate of drug-likeness (QED) is 0.318. The molecule has 0 aromatic rings. The molecule has 1 unspecified atom stereocenters. The fourth-order valence-corrected chi connectivity index (χ4v) is 4.37. The topological polar surface area (TPSA) is 34.1 Å². The predicted octanol–water partition coefficient (Wildman–Crippen LogP) is 6.15. The molecular weight excluding hydrogens is 292 g/mol. The van der Waals surface area contributed by atoms with E-state index in [0.717, 1.165) is 12.8 Å². The van der Waals surface area contributed by atoms with Gasteiger partial charge in [0.25, 0.3) is 0 Å². The van der Waals surface area contributed by atoms with Gasteiger partial charge in [0.2, 0.25) is 0 Å². The number of sulfone groups is 1. The maximum Gasteiger partial charge on any atom is 0.147 e. The molecule has 0 aliphatic heterocycles. The Morgan fingerprint density at radius 1 is 0.682 bits per heavy atom. The molecule has 0 aromatic carbocycles. The SMILES string of the molecule is CCCCCCCCCCCCCCC(CC)CS(C)(=O)=O. The molecule has 2 nitrogen and oxygen atoms in total.